The highest BCUT2D eigenvalue weighted by Crippen LogP contribution is 2.16. The van der Waals surface area contributed by atoms with E-state index in [-0.39, 0.29) is 53.6 Å². The highest BCUT2D eigenvalue weighted by atomic mass is 16.4. The number of carboxylic acid groups (broad SMARTS) is 2. The first-order chi connectivity index (χ1) is 19.6. The standard InChI is InChI=1S/C26H25N9O6/c27-21-20-22(35-26(28)34-21)30-12-17(32-20)11-29-15-6-4-13(5-7-15)23(37)33-18(25(40)41)8-9-19(36)31-16-3-1-2-14(10-16)24(38)39/h1-7,10,12,18,29H,8-9,11H2,(H,31,36)(H,33,37)(H,38,39)(H,40,41)(H4,27,28,30,34,35). The second-order valence-corrected chi connectivity index (χ2v) is 8.77. The number of rotatable bonds is 11. The Morgan fingerprint density at radius 3 is 2.37 bits per heavy atom. The van der Waals surface area contributed by atoms with Crippen molar-refractivity contribution >= 4 is 58.1 Å². The molecule has 0 saturated heterocycles. The molecule has 2 amide bonds. The van der Waals surface area contributed by atoms with Gasteiger partial charge in [-0.3, -0.25) is 9.59 Å². The van der Waals surface area contributed by atoms with Crippen LogP contribution >= 0.6 is 0 Å². The third kappa shape index (κ3) is 7.38. The van der Waals surface area contributed by atoms with Crippen LogP contribution in [0.4, 0.5) is 23.1 Å². The molecular weight excluding hydrogens is 534 g/mol. The lowest BCUT2D eigenvalue weighted by atomic mass is 10.1. The molecule has 0 fully saturated rings. The molecule has 1 atom stereocenters. The molecule has 0 saturated carbocycles. The summed E-state index contributed by atoms with van der Waals surface area (Å²) in [4.78, 5) is 64.1. The van der Waals surface area contributed by atoms with Gasteiger partial charge in [-0.2, -0.15) is 9.97 Å². The first-order valence-corrected chi connectivity index (χ1v) is 12.1. The fourth-order valence-corrected chi connectivity index (χ4v) is 3.73. The maximum atomic E-state index is 12.7. The second kappa shape index (κ2) is 12.3. The van der Waals surface area contributed by atoms with Crippen molar-refractivity contribution in [2.75, 3.05) is 22.1 Å². The van der Waals surface area contributed by atoms with Gasteiger partial charge in [0.15, 0.2) is 17.0 Å². The van der Waals surface area contributed by atoms with E-state index in [1.807, 2.05) is 0 Å². The molecule has 41 heavy (non-hydrogen) atoms. The minimum absolute atomic E-state index is 0.000140. The molecule has 2 aromatic heterocycles. The number of aromatic nitrogens is 4. The van der Waals surface area contributed by atoms with Gasteiger partial charge in [0, 0.05) is 23.4 Å². The number of anilines is 4. The van der Waals surface area contributed by atoms with Gasteiger partial charge in [-0.25, -0.2) is 19.6 Å². The Hall–Kier alpha value is -5.86. The van der Waals surface area contributed by atoms with Gasteiger partial charge >= 0.3 is 11.9 Å². The third-order valence-electron chi connectivity index (χ3n) is 5.78. The number of aromatic carboxylic acids is 1. The number of hydrogen-bond donors (Lipinski definition) is 7. The predicted molar refractivity (Wildman–Crippen MR) is 148 cm³/mol. The topological polar surface area (TPSA) is 248 Å². The Morgan fingerprint density at radius 1 is 0.902 bits per heavy atom. The minimum atomic E-state index is -1.32. The number of amides is 2. The van der Waals surface area contributed by atoms with Crippen molar-refractivity contribution in [3.63, 3.8) is 0 Å². The average Bonchev–Trinajstić information content (AvgIpc) is 2.94. The van der Waals surface area contributed by atoms with Crippen LogP contribution in [0.15, 0.2) is 54.7 Å². The van der Waals surface area contributed by atoms with Crippen LogP contribution in [-0.2, 0) is 16.1 Å². The zero-order valence-corrected chi connectivity index (χ0v) is 21.4. The summed E-state index contributed by atoms with van der Waals surface area (Å²) >= 11 is 0. The molecule has 0 spiro atoms. The highest BCUT2D eigenvalue weighted by Gasteiger charge is 2.22. The fourth-order valence-electron chi connectivity index (χ4n) is 3.73. The zero-order valence-electron chi connectivity index (χ0n) is 21.4. The number of carbonyl (C=O) groups excluding carboxylic acids is 2. The van der Waals surface area contributed by atoms with E-state index in [9.17, 15) is 24.3 Å². The number of carbonyl (C=O) groups is 4. The summed E-state index contributed by atoms with van der Waals surface area (Å²) in [6.07, 6.45) is 1.11. The molecule has 0 aliphatic carbocycles. The summed E-state index contributed by atoms with van der Waals surface area (Å²) in [5.41, 5.74) is 13.7. The van der Waals surface area contributed by atoms with Crippen LogP contribution in [0.2, 0.25) is 0 Å². The van der Waals surface area contributed by atoms with Crippen LogP contribution in [0, 0.1) is 0 Å². The normalized spacial score (nSPS) is 11.4. The number of benzene rings is 2. The summed E-state index contributed by atoms with van der Waals surface area (Å²) in [5.74, 6) is -3.50. The first-order valence-electron chi connectivity index (χ1n) is 12.1. The van der Waals surface area contributed by atoms with Crippen molar-refractivity contribution in [1.29, 1.82) is 0 Å². The molecular formula is C26H25N9O6. The number of nitrogens with one attached hydrogen (secondary N) is 3. The molecule has 15 heteroatoms. The Labute approximate surface area is 232 Å². The van der Waals surface area contributed by atoms with Crippen molar-refractivity contribution in [3.8, 4) is 0 Å². The smallest absolute Gasteiger partial charge is 0.335 e. The second-order valence-electron chi connectivity index (χ2n) is 8.77. The number of nitrogen functional groups attached to an aromatic ring is 2. The summed E-state index contributed by atoms with van der Waals surface area (Å²) < 4.78 is 0. The van der Waals surface area contributed by atoms with Crippen molar-refractivity contribution in [3.05, 3.63) is 71.5 Å². The van der Waals surface area contributed by atoms with Crippen LogP contribution < -0.4 is 27.4 Å². The molecule has 15 nitrogen and oxygen atoms in total. The lowest BCUT2D eigenvalue weighted by Gasteiger charge is -2.15. The molecule has 0 aliphatic rings. The molecule has 0 aliphatic heterocycles. The molecule has 4 rings (SSSR count). The average molecular weight is 560 g/mol. The van der Waals surface area contributed by atoms with Gasteiger partial charge in [0.1, 0.15) is 6.04 Å². The van der Waals surface area contributed by atoms with Gasteiger partial charge in [-0.1, -0.05) is 6.07 Å². The van der Waals surface area contributed by atoms with Gasteiger partial charge in [0.05, 0.1) is 24.0 Å². The lowest BCUT2D eigenvalue weighted by Crippen LogP contribution is -2.41. The van der Waals surface area contributed by atoms with E-state index in [1.165, 1.54) is 42.6 Å². The molecule has 2 heterocycles. The molecule has 1 unspecified atom stereocenters. The fraction of sp³-hybridized carbons (Fsp3) is 0.154. The number of carboxylic acids is 2. The van der Waals surface area contributed by atoms with Crippen molar-refractivity contribution < 1.29 is 29.4 Å². The van der Waals surface area contributed by atoms with Gasteiger partial charge in [-0.05, 0) is 48.9 Å². The SMILES string of the molecule is Nc1nc(N)c2nc(CNc3ccc(C(=O)NC(CCC(=O)Nc4cccc(C(=O)O)c4)C(=O)O)cc3)cnc2n1. The molecule has 9 N–H and O–H groups in total. The Kier molecular flexibility index (Phi) is 8.47. The largest absolute Gasteiger partial charge is 0.480 e. The third-order valence-corrected chi connectivity index (χ3v) is 5.78. The van der Waals surface area contributed by atoms with Crippen molar-refractivity contribution in [2.45, 2.75) is 25.4 Å². The number of fused-ring (bicyclic) bond motifs is 1. The maximum absolute atomic E-state index is 12.7. The van der Waals surface area contributed by atoms with E-state index >= 15 is 0 Å². The predicted octanol–water partition coefficient (Wildman–Crippen LogP) is 1.50. The van der Waals surface area contributed by atoms with Crippen molar-refractivity contribution in [1.82, 2.24) is 25.3 Å². The van der Waals surface area contributed by atoms with Gasteiger partial charge in [0.25, 0.3) is 5.91 Å². The molecule has 210 valence electrons. The highest BCUT2D eigenvalue weighted by molar-refractivity contribution is 5.97. The van der Waals surface area contributed by atoms with Crippen LogP contribution in [0.1, 0.15) is 39.3 Å². The number of aliphatic carboxylic acids is 1. The Balaban J connectivity index is 1.30. The van der Waals surface area contributed by atoms with Crippen LogP contribution in [0.25, 0.3) is 11.2 Å². The Bertz CT molecular complexity index is 1630. The number of hydrogen-bond acceptors (Lipinski definition) is 11. The monoisotopic (exact) mass is 559 g/mol. The van der Waals surface area contributed by atoms with E-state index in [2.05, 4.69) is 35.9 Å². The molecule has 2 aromatic carbocycles. The molecule has 0 bridgehead atoms. The lowest BCUT2D eigenvalue weighted by molar-refractivity contribution is -0.139. The molecule has 0 radical (unpaired) electrons. The van der Waals surface area contributed by atoms with Gasteiger partial charge in [0.2, 0.25) is 11.9 Å². The van der Waals surface area contributed by atoms with E-state index in [4.69, 9.17) is 16.6 Å². The zero-order chi connectivity index (χ0) is 29.5. The quantitative estimate of drug-likeness (QED) is 0.138. The number of nitrogens with zero attached hydrogens (tertiary/aromatic N) is 4. The van der Waals surface area contributed by atoms with E-state index in [0.29, 0.717) is 16.9 Å². The van der Waals surface area contributed by atoms with Gasteiger partial charge < -0.3 is 37.6 Å². The Morgan fingerprint density at radius 2 is 1.66 bits per heavy atom. The van der Waals surface area contributed by atoms with Crippen molar-refractivity contribution in [2.24, 2.45) is 0 Å². The van der Waals surface area contributed by atoms with Crippen LogP contribution in [0.3, 0.4) is 0 Å². The van der Waals surface area contributed by atoms with Gasteiger partial charge in [-0.15, -0.1) is 0 Å². The summed E-state index contributed by atoms with van der Waals surface area (Å²) in [7, 11) is 0. The first kappa shape index (κ1) is 28.2. The number of nitrogens with two attached hydrogens (primary N) is 2. The van der Waals surface area contributed by atoms with E-state index < -0.39 is 29.8 Å². The summed E-state index contributed by atoms with van der Waals surface area (Å²) in [6.45, 7) is 0.280. The summed E-state index contributed by atoms with van der Waals surface area (Å²) in [6, 6.07) is 10.6. The van der Waals surface area contributed by atoms with Crippen LogP contribution in [-0.4, -0.2) is 59.9 Å². The molecule has 4 aromatic rings. The van der Waals surface area contributed by atoms with Crippen LogP contribution in [0.5, 0.6) is 0 Å². The van der Waals surface area contributed by atoms with E-state index in [0.717, 1.165) is 0 Å². The maximum Gasteiger partial charge on any atom is 0.335 e. The minimum Gasteiger partial charge on any atom is -0.480 e. The summed E-state index contributed by atoms with van der Waals surface area (Å²) in [5, 5.41) is 26.7. The van der Waals surface area contributed by atoms with E-state index in [1.54, 1.807) is 12.1 Å².